The molecule has 3 heterocycles. The Morgan fingerprint density at radius 2 is 1.93 bits per heavy atom. The molecule has 1 aromatic carbocycles. The van der Waals surface area contributed by atoms with E-state index in [2.05, 4.69) is 4.98 Å². The zero-order chi connectivity index (χ0) is 20.4. The smallest absolute Gasteiger partial charge is 0.309 e. The molecule has 4 rings (SSSR count). The molecule has 1 saturated heterocycles. The minimum absolute atomic E-state index is 0.0488. The van der Waals surface area contributed by atoms with Crippen molar-refractivity contribution in [1.29, 1.82) is 0 Å². The van der Waals surface area contributed by atoms with Crippen LogP contribution in [0.1, 0.15) is 30.1 Å². The second-order valence-corrected chi connectivity index (χ2v) is 7.74. The maximum atomic E-state index is 13.1. The van der Waals surface area contributed by atoms with Crippen molar-refractivity contribution in [3.8, 4) is 11.3 Å². The van der Waals surface area contributed by atoms with Gasteiger partial charge in [0.2, 0.25) is 0 Å². The summed E-state index contributed by atoms with van der Waals surface area (Å²) in [5.74, 6) is -0.750. The van der Waals surface area contributed by atoms with Crippen molar-refractivity contribution in [1.82, 2.24) is 14.3 Å². The van der Waals surface area contributed by atoms with E-state index < -0.39 is 0 Å². The number of amides is 1. The Morgan fingerprint density at radius 3 is 2.62 bits per heavy atom. The summed E-state index contributed by atoms with van der Waals surface area (Å²) in [4.78, 5) is 44.5. The zero-order valence-electron chi connectivity index (χ0n) is 16.0. The van der Waals surface area contributed by atoms with E-state index in [0.717, 1.165) is 11.3 Å². The fourth-order valence-electron chi connectivity index (χ4n) is 3.60. The van der Waals surface area contributed by atoms with Gasteiger partial charge in [-0.1, -0.05) is 30.3 Å². The van der Waals surface area contributed by atoms with Crippen LogP contribution in [0, 0.1) is 5.92 Å². The van der Waals surface area contributed by atoms with Crippen LogP contribution in [0.25, 0.3) is 16.2 Å². The van der Waals surface area contributed by atoms with E-state index >= 15 is 0 Å². The first-order valence-corrected chi connectivity index (χ1v) is 10.5. The lowest BCUT2D eigenvalue weighted by Crippen LogP contribution is -2.42. The lowest BCUT2D eigenvalue weighted by molar-refractivity contribution is -0.149. The number of ether oxygens (including phenoxy) is 1. The molecule has 7 nitrogen and oxygen atoms in total. The molecule has 150 valence electrons. The van der Waals surface area contributed by atoms with Gasteiger partial charge in [0.15, 0.2) is 4.96 Å². The van der Waals surface area contributed by atoms with Crippen LogP contribution in [0.2, 0.25) is 0 Å². The number of likely N-dealkylation sites (tertiary alicyclic amines) is 1. The molecule has 2 aromatic heterocycles. The molecule has 1 aliphatic heterocycles. The molecule has 0 aliphatic carbocycles. The van der Waals surface area contributed by atoms with Crippen molar-refractivity contribution in [2.24, 2.45) is 5.92 Å². The Labute approximate surface area is 171 Å². The lowest BCUT2D eigenvalue weighted by Gasteiger charge is -2.30. The number of rotatable bonds is 4. The number of nitrogens with zero attached hydrogens (tertiary/aromatic N) is 3. The monoisotopic (exact) mass is 411 g/mol. The van der Waals surface area contributed by atoms with E-state index in [4.69, 9.17) is 4.74 Å². The molecule has 1 amide bonds. The minimum Gasteiger partial charge on any atom is -0.466 e. The van der Waals surface area contributed by atoms with E-state index in [1.165, 1.54) is 21.9 Å². The molecule has 29 heavy (non-hydrogen) atoms. The van der Waals surface area contributed by atoms with Crippen molar-refractivity contribution in [3.05, 3.63) is 57.8 Å². The van der Waals surface area contributed by atoms with Crippen LogP contribution in [-0.4, -0.2) is 45.9 Å². The summed E-state index contributed by atoms with van der Waals surface area (Å²) in [7, 11) is 0. The maximum absolute atomic E-state index is 13.1. The van der Waals surface area contributed by atoms with Crippen LogP contribution in [0.3, 0.4) is 0 Å². The average Bonchev–Trinajstić information content (AvgIpc) is 3.20. The van der Waals surface area contributed by atoms with Crippen molar-refractivity contribution in [2.75, 3.05) is 19.7 Å². The third-order valence-corrected chi connectivity index (χ3v) is 5.99. The summed E-state index contributed by atoms with van der Waals surface area (Å²) in [6.07, 6.45) is 2.44. The van der Waals surface area contributed by atoms with E-state index in [-0.39, 0.29) is 28.9 Å². The first kappa shape index (κ1) is 19.3. The molecule has 0 spiro atoms. The molecule has 0 radical (unpaired) electrons. The molecule has 0 saturated carbocycles. The molecule has 0 unspecified atom stereocenters. The summed E-state index contributed by atoms with van der Waals surface area (Å²) < 4.78 is 6.57. The van der Waals surface area contributed by atoms with E-state index in [0.29, 0.717) is 37.5 Å². The molecule has 3 aromatic rings. The normalized spacial score (nSPS) is 14.9. The van der Waals surface area contributed by atoms with Gasteiger partial charge in [-0.3, -0.25) is 18.8 Å². The molecular formula is C21H21N3O4S. The summed E-state index contributed by atoms with van der Waals surface area (Å²) in [6.45, 7) is 2.96. The fraction of sp³-hybridized carbons (Fsp3) is 0.333. The minimum atomic E-state index is -0.368. The van der Waals surface area contributed by atoms with Crippen molar-refractivity contribution in [3.63, 3.8) is 0 Å². The number of piperidine rings is 1. The van der Waals surface area contributed by atoms with Gasteiger partial charge in [0.1, 0.15) is 5.56 Å². The number of carbonyl (C=O) groups excluding carboxylic acids is 2. The van der Waals surface area contributed by atoms with Gasteiger partial charge in [0, 0.05) is 24.7 Å². The van der Waals surface area contributed by atoms with Crippen LogP contribution in [0.15, 0.2) is 46.7 Å². The van der Waals surface area contributed by atoms with Gasteiger partial charge in [-0.15, -0.1) is 11.3 Å². The third kappa shape index (κ3) is 3.67. The van der Waals surface area contributed by atoms with Gasteiger partial charge < -0.3 is 9.64 Å². The SMILES string of the molecule is CCOC(=O)C1CCN(C(=O)c2cnc3scc(-c4ccccc4)n3c2=O)CC1. The molecule has 0 atom stereocenters. The molecule has 1 fully saturated rings. The molecule has 8 heteroatoms. The molecule has 0 N–H and O–H groups in total. The summed E-state index contributed by atoms with van der Waals surface area (Å²) >= 11 is 1.36. The van der Waals surface area contributed by atoms with Crippen molar-refractivity contribution in [2.45, 2.75) is 19.8 Å². The summed E-state index contributed by atoms with van der Waals surface area (Å²) in [5, 5.41) is 1.87. The van der Waals surface area contributed by atoms with Crippen LogP contribution < -0.4 is 5.56 Å². The number of thiazole rings is 1. The Morgan fingerprint density at radius 1 is 1.21 bits per heavy atom. The molecule has 0 bridgehead atoms. The number of fused-ring (bicyclic) bond motifs is 1. The number of hydrogen-bond acceptors (Lipinski definition) is 6. The number of esters is 1. The first-order chi connectivity index (χ1) is 14.1. The van der Waals surface area contributed by atoms with Crippen LogP contribution in [-0.2, 0) is 9.53 Å². The van der Waals surface area contributed by atoms with Crippen LogP contribution >= 0.6 is 11.3 Å². The third-order valence-electron chi connectivity index (χ3n) is 5.15. The Balaban J connectivity index is 1.60. The van der Waals surface area contributed by atoms with Gasteiger partial charge >= 0.3 is 5.97 Å². The highest BCUT2D eigenvalue weighted by Gasteiger charge is 2.30. The maximum Gasteiger partial charge on any atom is 0.309 e. The lowest BCUT2D eigenvalue weighted by atomic mass is 9.96. The van der Waals surface area contributed by atoms with Gasteiger partial charge in [-0.2, -0.15) is 0 Å². The standard InChI is InChI=1S/C21H21N3O4S/c1-2-28-20(27)15-8-10-23(11-9-15)18(25)16-12-22-21-24(19(16)26)17(13-29-21)14-6-4-3-5-7-14/h3-7,12-13,15H,2,8-11H2,1H3. The fourth-order valence-corrected chi connectivity index (χ4v) is 4.46. The van der Waals surface area contributed by atoms with Crippen molar-refractivity contribution >= 4 is 28.2 Å². The Hall–Kier alpha value is -3.00. The van der Waals surface area contributed by atoms with Gasteiger partial charge in [-0.25, -0.2) is 4.98 Å². The second kappa shape index (κ2) is 8.16. The number of carbonyl (C=O) groups is 2. The molecule has 1 aliphatic rings. The predicted molar refractivity (Wildman–Crippen MR) is 110 cm³/mol. The van der Waals surface area contributed by atoms with E-state index in [1.54, 1.807) is 11.8 Å². The number of benzene rings is 1. The van der Waals surface area contributed by atoms with E-state index in [9.17, 15) is 14.4 Å². The van der Waals surface area contributed by atoms with Gasteiger partial charge in [-0.05, 0) is 25.3 Å². The topological polar surface area (TPSA) is 81.0 Å². The Kier molecular flexibility index (Phi) is 5.44. The number of aromatic nitrogens is 2. The predicted octanol–water partition coefficient (Wildman–Crippen LogP) is 2.84. The van der Waals surface area contributed by atoms with Crippen molar-refractivity contribution < 1.29 is 14.3 Å². The van der Waals surface area contributed by atoms with Gasteiger partial charge in [0.05, 0.1) is 18.2 Å². The summed E-state index contributed by atoms with van der Waals surface area (Å²) in [5.41, 5.74) is 1.29. The van der Waals surface area contributed by atoms with Crippen LogP contribution in [0.5, 0.6) is 0 Å². The summed E-state index contributed by atoms with van der Waals surface area (Å²) in [6, 6.07) is 9.55. The Bertz CT molecular complexity index is 1100. The first-order valence-electron chi connectivity index (χ1n) is 9.60. The largest absolute Gasteiger partial charge is 0.466 e. The van der Waals surface area contributed by atoms with E-state index in [1.807, 2.05) is 35.7 Å². The quantitative estimate of drug-likeness (QED) is 0.617. The average molecular weight is 411 g/mol. The second-order valence-electron chi connectivity index (χ2n) is 6.90. The number of hydrogen-bond donors (Lipinski definition) is 0. The zero-order valence-corrected chi connectivity index (χ0v) is 16.9. The van der Waals surface area contributed by atoms with Gasteiger partial charge in [0.25, 0.3) is 11.5 Å². The van der Waals surface area contributed by atoms with Crippen LogP contribution in [0.4, 0.5) is 0 Å². The highest BCUT2D eigenvalue weighted by molar-refractivity contribution is 7.15. The molecular weight excluding hydrogens is 390 g/mol. The highest BCUT2D eigenvalue weighted by atomic mass is 32.1. The highest BCUT2D eigenvalue weighted by Crippen LogP contribution is 2.24.